The Kier molecular flexibility index (Phi) is 5.57. The Morgan fingerprint density at radius 3 is 2.70 bits per heavy atom. The number of ether oxygens (including phenoxy) is 2. The molecule has 0 radical (unpaired) electrons. The van der Waals surface area contributed by atoms with Crippen LogP contribution < -0.4 is 9.47 Å². The molecule has 0 saturated heterocycles. The third-order valence-corrected chi connectivity index (χ3v) is 3.56. The summed E-state index contributed by atoms with van der Waals surface area (Å²) >= 11 is 9.31. The van der Waals surface area contributed by atoms with Gasteiger partial charge in [-0.05, 0) is 30.7 Å². The fourth-order valence-electron chi connectivity index (χ4n) is 1.83. The molecule has 2 aromatic carbocycles. The number of benzene rings is 2. The molecule has 120 valence electrons. The number of carbonyl (C=O) groups excluding carboxylic acids is 1. The standard InChI is InChI=1S/C15H11BrClNO5/c1-9-6-10(16)7-11(17)15(9)23-14(19)8-22-13-5-3-2-4-12(13)18(20)21/h2-7H,8H2,1H3. The summed E-state index contributed by atoms with van der Waals surface area (Å²) in [6.45, 7) is 1.26. The molecule has 0 aliphatic carbocycles. The normalized spacial score (nSPS) is 10.2. The monoisotopic (exact) mass is 399 g/mol. The number of nitro groups is 1. The average Bonchev–Trinajstić information content (AvgIpc) is 2.49. The fraction of sp³-hybridized carbons (Fsp3) is 0.133. The molecule has 0 N–H and O–H groups in total. The van der Waals surface area contributed by atoms with E-state index in [1.165, 1.54) is 18.2 Å². The Morgan fingerprint density at radius 1 is 1.35 bits per heavy atom. The van der Waals surface area contributed by atoms with Gasteiger partial charge in [-0.15, -0.1) is 0 Å². The zero-order valence-electron chi connectivity index (χ0n) is 11.9. The number of nitrogens with zero attached hydrogens (tertiary/aromatic N) is 1. The summed E-state index contributed by atoms with van der Waals surface area (Å²) in [7, 11) is 0. The van der Waals surface area contributed by atoms with Crippen LogP contribution >= 0.6 is 27.5 Å². The molecule has 0 aliphatic rings. The molecule has 6 nitrogen and oxygen atoms in total. The molecule has 0 unspecified atom stereocenters. The van der Waals surface area contributed by atoms with Crippen LogP contribution in [-0.2, 0) is 4.79 Å². The van der Waals surface area contributed by atoms with Crippen molar-refractivity contribution in [2.45, 2.75) is 6.92 Å². The summed E-state index contributed by atoms with van der Waals surface area (Å²) in [5.74, 6) is -0.491. The second-order valence-electron chi connectivity index (χ2n) is 4.52. The largest absolute Gasteiger partial charge is 0.475 e. The molecule has 0 spiro atoms. The molecule has 0 heterocycles. The van der Waals surface area contributed by atoms with Gasteiger partial charge >= 0.3 is 11.7 Å². The highest BCUT2D eigenvalue weighted by Crippen LogP contribution is 2.32. The summed E-state index contributed by atoms with van der Waals surface area (Å²) in [6, 6.07) is 9.12. The van der Waals surface area contributed by atoms with Gasteiger partial charge in [0.2, 0.25) is 0 Å². The van der Waals surface area contributed by atoms with E-state index in [2.05, 4.69) is 15.9 Å². The van der Waals surface area contributed by atoms with Crippen molar-refractivity contribution in [1.29, 1.82) is 0 Å². The van der Waals surface area contributed by atoms with Gasteiger partial charge in [-0.1, -0.05) is 39.7 Å². The van der Waals surface area contributed by atoms with E-state index in [4.69, 9.17) is 21.1 Å². The van der Waals surface area contributed by atoms with Crippen molar-refractivity contribution in [3.05, 3.63) is 61.6 Å². The maximum atomic E-state index is 11.9. The number of carbonyl (C=O) groups is 1. The first-order valence-corrected chi connectivity index (χ1v) is 7.58. The van der Waals surface area contributed by atoms with E-state index in [1.54, 1.807) is 25.1 Å². The van der Waals surface area contributed by atoms with Crippen molar-refractivity contribution >= 4 is 39.2 Å². The molecule has 0 aliphatic heterocycles. The Balaban J connectivity index is 2.06. The van der Waals surface area contributed by atoms with Gasteiger partial charge in [0.15, 0.2) is 18.1 Å². The molecule has 23 heavy (non-hydrogen) atoms. The lowest BCUT2D eigenvalue weighted by atomic mass is 10.2. The molecule has 8 heteroatoms. The van der Waals surface area contributed by atoms with E-state index >= 15 is 0 Å². The van der Waals surface area contributed by atoms with Crippen molar-refractivity contribution in [1.82, 2.24) is 0 Å². The highest BCUT2D eigenvalue weighted by atomic mass is 79.9. The third kappa shape index (κ3) is 4.43. The van der Waals surface area contributed by atoms with Crippen LogP contribution in [0, 0.1) is 17.0 Å². The first-order chi connectivity index (χ1) is 10.9. The number of rotatable bonds is 5. The highest BCUT2D eigenvalue weighted by Gasteiger charge is 2.17. The molecular weight excluding hydrogens is 390 g/mol. The highest BCUT2D eigenvalue weighted by molar-refractivity contribution is 9.10. The minimum atomic E-state index is -0.713. The quantitative estimate of drug-likeness (QED) is 0.323. The van der Waals surface area contributed by atoms with Gasteiger partial charge in [-0.25, -0.2) is 4.79 Å². The van der Waals surface area contributed by atoms with Crippen molar-refractivity contribution in [2.75, 3.05) is 6.61 Å². The maximum Gasteiger partial charge on any atom is 0.349 e. The van der Waals surface area contributed by atoms with Crippen molar-refractivity contribution in [3.63, 3.8) is 0 Å². The van der Waals surface area contributed by atoms with Crippen LogP contribution in [-0.4, -0.2) is 17.5 Å². The van der Waals surface area contributed by atoms with Gasteiger partial charge < -0.3 is 9.47 Å². The third-order valence-electron chi connectivity index (χ3n) is 2.82. The van der Waals surface area contributed by atoms with E-state index in [1.807, 2.05) is 0 Å². The number of halogens is 2. The van der Waals surface area contributed by atoms with Gasteiger partial charge in [0.05, 0.1) is 9.95 Å². The SMILES string of the molecule is Cc1cc(Br)cc(Cl)c1OC(=O)COc1ccccc1[N+](=O)[O-]. The fourth-order valence-corrected chi connectivity index (χ4v) is 2.84. The van der Waals surface area contributed by atoms with E-state index in [0.717, 1.165) is 4.47 Å². The Hall–Kier alpha value is -2.12. The first kappa shape index (κ1) is 17.2. The number of esters is 1. The van der Waals surface area contributed by atoms with Gasteiger partial charge in [0.25, 0.3) is 0 Å². The molecule has 0 aromatic heterocycles. The number of nitro benzene ring substituents is 1. The van der Waals surface area contributed by atoms with E-state index < -0.39 is 17.5 Å². The molecular formula is C15H11BrClNO5. The smallest absolute Gasteiger partial charge is 0.349 e. The Bertz CT molecular complexity index is 742. The summed E-state index contributed by atoms with van der Waals surface area (Å²) in [4.78, 5) is 22.1. The average molecular weight is 401 g/mol. The predicted molar refractivity (Wildman–Crippen MR) is 88.1 cm³/mol. The number of para-hydroxylation sites is 2. The zero-order chi connectivity index (χ0) is 17.0. The number of hydrogen-bond acceptors (Lipinski definition) is 5. The number of aryl methyl sites for hydroxylation is 1. The first-order valence-electron chi connectivity index (χ1n) is 6.41. The molecule has 2 aromatic rings. The van der Waals surface area contributed by atoms with Crippen LogP contribution in [0.15, 0.2) is 40.9 Å². The van der Waals surface area contributed by atoms with E-state index in [9.17, 15) is 14.9 Å². The van der Waals surface area contributed by atoms with E-state index in [-0.39, 0.29) is 22.2 Å². The number of hydrogen-bond donors (Lipinski definition) is 0. The predicted octanol–water partition coefficient (Wildman–Crippen LogP) is 4.30. The summed E-state index contributed by atoms with van der Waals surface area (Å²) in [5, 5.41) is 11.1. The topological polar surface area (TPSA) is 78.7 Å². The lowest BCUT2D eigenvalue weighted by Gasteiger charge is -2.10. The maximum absolute atomic E-state index is 11.9. The second kappa shape index (κ2) is 7.43. The molecule has 2 rings (SSSR count). The summed E-state index contributed by atoms with van der Waals surface area (Å²) in [5.41, 5.74) is 0.446. The molecule has 0 atom stereocenters. The summed E-state index contributed by atoms with van der Waals surface area (Å²) < 4.78 is 11.1. The minimum absolute atomic E-state index is 0.00641. The zero-order valence-corrected chi connectivity index (χ0v) is 14.3. The van der Waals surface area contributed by atoms with Gasteiger partial charge in [-0.3, -0.25) is 10.1 Å². The van der Waals surface area contributed by atoms with Crippen LogP contribution in [0.2, 0.25) is 5.02 Å². The summed E-state index contributed by atoms with van der Waals surface area (Å²) in [6.07, 6.45) is 0. The van der Waals surface area contributed by atoms with Crippen LogP contribution in [0.3, 0.4) is 0 Å². The molecule has 0 saturated carbocycles. The molecule has 0 fully saturated rings. The lowest BCUT2D eigenvalue weighted by molar-refractivity contribution is -0.385. The van der Waals surface area contributed by atoms with Gasteiger partial charge in [-0.2, -0.15) is 0 Å². The van der Waals surface area contributed by atoms with Gasteiger partial charge in [0.1, 0.15) is 0 Å². The lowest BCUT2D eigenvalue weighted by Crippen LogP contribution is -2.18. The van der Waals surface area contributed by atoms with Crippen molar-refractivity contribution in [2.24, 2.45) is 0 Å². The molecule has 0 amide bonds. The van der Waals surface area contributed by atoms with E-state index in [0.29, 0.717) is 5.56 Å². The van der Waals surface area contributed by atoms with Crippen LogP contribution in [0.5, 0.6) is 11.5 Å². The Labute approximate surface area is 145 Å². The van der Waals surface area contributed by atoms with Crippen LogP contribution in [0.4, 0.5) is 5.69 Å². The van der Waals surface area contributed by atoms with Crippen molar-refractivity contribution < 1.29 is 19.2 Å². The van der Waals surface area contributed by atoms with Gasteiger partial charge in [0, 0.05) is 10.5 Å². The minimum Gasteiger partial charge on any atom is -0.475 e. The molecule has 0 bridgehead atoms. The van der Waals surface area contributed by atoms with Crippen molar-refractivity contribution in [3.8, 4) is 11.5 Å². The Morgan fingerprint density at radius 2 is 2.04 bits per heavy atom. The van der Waals surface area contributed by atoms with Crippen LogP contribution in [0.1, 0.15) is 5.56 Å². The van der Waals surface area contributed by atoms with Crippen LogP contribution in [0.25, 0.3) is 0 Å². The second-order valence-corrected chi connectivity index (χ2v) is 5.84.